The normalized spacial score (nSPS) is 12.5. The molecule has 0 spiro atoms. The topological polar surface area (TPSA) is 86.8 Å². The number of amides is 2. The Balaban J connectivity index is 2.07. The average Bonchev–Trinajstić information content (AvgIpc) is 2.87. The molecule has 0 heterocycles. The Morgan fingerprint density at radius 2 is 1.49 bits per heavy atom. The third kappa shape index (κ3) is 7.47. The predicted molar refractivity (Wildman–Crippen MR) is 156 cm³/mol. The van der Waals surface area contributed by atoms with Crippen molar-refractivity contribution in [1.29, 1.82) is 0 Å². The molecule has 7 nitrogen and oxygen atoms in total. The molecule has 3 rings (SSSR count). The molecule has 208 valence electrons. The Kier molecular flexibility index (Phi) is 9.22. The van der Waals surface area contributed by atoms with Crippen molar-refractivity contribution in [2.75, 3.05) is 10.8 Å². The van der Waals surface area contributed by atoms with Crippen LogP contribution in [0.15, 0.2) is 77.7 Å². The number of rotatable bonds is 9. The van der Waals surface area contributed by atoms with Gasteiger partial charge in [0, 0.05) is 12.1 Å². The Morgan fingerprint density at radius 1 is 0.872 bits per heavy atom. The summed E-state index contributed by atoms with van der Waals surface area (Å²) in [5, 5.41) is 2.94. The van der Waals surface area contributed by atoms with Crippen LogP contribution >= 0.6 is 0 Å². The summed E-state index contributed by atoms with van der Waals surface area (Å²) in [5.41, 5.74) is 3.36. The lowest BCUT2D eigenvalue weighted by Gasteiger charge is -2.34. The first kappa shape index (κ1) is 29.9. The Bertz CT molecular complexity index is 1410. The standard InChI is InChI=1S/C31H39N3O4S/c1-22-16-18-27(19-17-22)39(37,38)34(28-15-11-12-23(2)24(28)3)21-29(35)33(20-26-13-9-8-10-14-26)25(4)30(36)32-31(5,6)7/h8-19,25H,20-21H2,1-7H3,(H,32,36)/t25-/m1/s1. The van der Waals surface area contributed by atoms with Crippen molar-refractivity contribution in [2.45, 2.75) is 71.5 Å². The smallest absolute Gasteiger partial charge is 0.264 e. The monoisotopic (exact) mass is 549 g/mol. The minimum absolute atomic E-state index is 0.0925. The van der Waals surface area contributed by atoms with Gasteiger partial charge in [0.05, 0.1) is 10.6 Å². The van der Waals surface area contributed by atoms with E-state index >= 15 is 0 Å². The lowest BCUT2D eigenvalue weighted by Crippen LogP contribution is -2.54. The Hall–Kier alpha value is -3.65. The minimum atomic E-state index is -4.10. The molecule has 8 heteroatoms. The summed E-state index contributed by atoms with van der Waals surface area (Å²) >= 11 is 0. The predicted octanol–water partition coefficient (Wildman–Crippen LogP) is 5.14. The van der Waals surface area contributed by atoms with Crippen molar-refractivity contribution in [3.63, 3.8) is 0 Å². The SMILES string of the molecule is Cc1ccc(S(=O)(=O)N(CC(=O)N(Cc2ccccc2)[C@H](C)C(=O)NC(C)(C)C)c2cccc(C)c2C)cc1. The van der Waals surface area contributed by atoms with Gasteiger partial charge in [0.15, 0.2) is 0 Å². The molecule has 0 saturated carbocycles. The van der Waals surface area contributed by atoms with Crippen LogP contribution in [0.25, 0.3) is 0 Å². The maximum Gasteiger partial charge on any atom is 0.264 e. The second-order valence-corrected chi connectivity index (χ2v) is 12.8. The Morgan fingerprint density at radius 3 is 2.08 bits per heavy atom. The summed E-state index contributed by atoms with van der Waals surface area (Å²) in [6, 6.07) is 20.5. The van der Waals surface area contributed by atoms with Gasteiger partial charge in [-0.15, -0.1) is 0 Å². The van der Waals surface area contributed by atoms with Crippen LogP contribution in [-0.4, -0.2) is 43.3 Å². The van der Waals surface area contributed by atoms with Gasteiger partial charge in [-0.2, -0.15) is 0 Å². The molecule has 39 heavy (non-hydrogen) atoms. The third-order valence-corrected chi connectivity index (χ3v) is 8.37. The molecule has 0 radical (unpaired) electrons. The minimum Gasteiger partial charge on any atom is -0.350 e. The maximum absolute atomic E-state index is 14.0. The van der Waals surface area contributed by atoms with Crippen molar-refractivity contribution in [3.05, 3.63) is 95.1 Å². The first-order valence-electron chi connectivity index (χ1n) is 13.0. The zero-order valence-corrected chi connectivity index (χ0v) is 24.7. The van der Waals surface area contributed by atoms with E-state index in [4.69, 9.17) is 0 Å². The molecule has 0 aliphatic heterocycles. The van der Waals surface area contributed by atoms with E-state index in [0.717, 1.165) is 26.6 Å². The van der Waals surface area contributed by atoms with Crippen molar-refractivity contribution >= 4 is 27.5 Å². The molecule has 1 N–H and O–H groups in total. The zero-order chi connectivity index (χ0) is 29.0. The molecular weight excluding hydrogens is 510 g/mol. The van der Waals surface area contributed by atoms with Gasteiger partial charge in [-0.1, -0.05) is 60.2 Å². The van der Waals surface area contributed by atoms with E-state index in [0.29, 0.717) is 5.69 Å². The molecule has 3 aromatic rings. The van der Waals surface area contributed by atoms with Crippen LogP contribution < -0.4 is 9.62 Å². The maximum atomic E-state index is 14.0. The van der Waals surface area contributed by atoms with Crippen LogP contribution in [0.2, 0.25) is 0 Å². The second kappa shape index (κ2) is 12.0. The molecule has 2 amide bonds. The molecule has 0 aromatic heterocycles. The molecule has 0 fully saturated rings. The van der Waals surface area contributed by atoms with Gasteiger partial charge < -0.3 is 10.2 Å². The molecular formula is C31H39N3O4S. The van der Waals surface area contributed by atoms with Gasteiger partial charge >= 0.3 is 0 Å². The number of nitrogens with zero attached hydrogens (tertiary/aromatic N) is 2. The van der Waals surface area contributed by atoms with Crippen LogP contribution in [0.5, 0.6) is 0 Å². The highest BCUT2D eigenvalue weighted by atomic mass is 32.2. The number of aryl methyl sites for hydroxylation is 2. The summed E-state index contributed by atoms with van der Waals surface area (Å²) in [6.07, 6.45) is 0. The van der Waals surface area contributed by atoms with Gasteiger partial charge in [-0.3, -0.25) is 13.9 Å². The number of sulfonamides is 1. The molecule has 0 aliphatic rings. The first-order valence-corrected chi connectivity index (χ1v) is 14.5. The number of hydrogen-bond donors (Lipinski definition) is 1. The third-order valence-electron chi connectivity index (χ3n) is 6.59. The number of hydrogen-bond acceptors (Lipinski definition) is 4. The lowest BCUT2D eigenvalue weighted by molar-refractivity contribution is -0.140. The fraction of sp³-hybridized carbons (Fsp3) is 0.355. The van der Waals surface area contributed by atoms with E-state index < -0.39 is 34.1 Å². The highest BCUT2D eigenvalue weighted by Crippen LogP contribution is 2.29. The van der Waals surface area contributed by atoms with Gasteiger partial charge in [0.1, 0.15) is 12.6 Å². The van der Waals surface area contributed by atoms with Crippen LogP contribution in [0.4, 0.5) is 5.69 Å². The van der Waals surface area contributed by atoms with Gasteiger partial charge in [0.2, 0.25) is 11.8 Å². The zero-order valence-electron chi connectivity index (χ0n) is 23.9. The van der Waals surface area contributed by atoms with Crippen molar-refractivity contribution in [2.24, 2.45) is 0 Å². The molecule has 3 aromatic carbocycles. The van der Waals surface area contributed by atoms with E-state index in [1.54, 1.807) is 43.3 Å². The molecule has 0 unspecified atom stereocenters. The highest BCUT2D eigenvalue weighted by molar-refractivity contribution is 7.92. The van der Waals surface area contributed by atoms with Gasteiger partial charge in [0.25, 0.3) is 10.0 Å². The van der Waals surface area contributed by atoms with Crippen LogP contribution in [0.1, 0.15) is 49.9 Å². The molecule has 0 bridgehead atoms. The van der Waals surface area contributed by atoms with Crippen LogP contribution in [-0.2, 0) is 26.2 Å². The fourth-order valence-electron chi connectivity index (χ4n) is 4.19. The van der Waals surface area contributed by atoms with Crippen LogP contribution in [0, 0.1) is 20.8 Å². The number of benzene rings is 3. The fourth-order valence-corrected chi connectivity index (χ4v) is 5.67. The summed E-state index contributed by atoms with van der Waals surface area (Å²) in [4.78, 5) is 28.7. The largest absolute Gasteiger partial charge is 0.350 e. The van der Waals surface area contributed by atoms with Gasteiger partial charge in [-0.25, -0.2) is 8.42 Å². The van der Waals surface area contributed by atoms with Crippen molar-refractivity contribution in [3.8, 4) is 0 Å². The van der Waals surface area contributed by atoms with E-state index in [9.17, 15) is 18.0 Å². The summed E-state index contributed by atoms with van der Waals surface area (Å²) < 4.78 is 29.1. The van der Waals surface area contributed by atoms with E-state index in [2.05, 4.69) is 5.32 Å². The summed E-state index contributed by atoms with van der Waals surface area (Å²) in [5.74, 6) is -0.793. The van der Waals surface area contributed by atoms with Crippen LogP contribution in [0.3, 0.4) is 0 Å². The summed E-state index contributed by atoms with van der Waals surface area (Å²) in [7, 11) is -4.10. The molecule has 0 saturated heterocycles. The van der Waals surface area contributed by atoms with Crippen molar-refractivity contribution in [1.82, 2.24) is 10.2 Å². The van der Waals surface area contributed by atoms with E-state index in [-0.39, 0.29) is 17.3 Å². The van der Waals surface area contributed by atoms with E-state index in [1.807, 2.05) is 77.9 Å². The van der Waals surface area contributed by atoms with E-state index in [1.165, 1.54) is 4.90 Å². The number of anilines is 1. The number of carbonyl (C=O) groups excluding carboxylic acids is 2. The molecule has 0 aliphatic carbocycles. The first-order chi connectivity index (χ1) is 18.2. The average molecular weight is 550 g/mol. The summed E-state index contributed by atoms with van der Waals surface area (Å²) in [6.45, 7) is 12.6. The number of nitrogens with one attached hydrogen (secondary N) is 1. The quantitative estimate of drug-likeness (QED) is 0.401. The lowest BCUT2D eigenvalue weighted by atomic mass is 10.1. The number of carbonyl (C=O) groups is 2. The second-order valence-electron chi connectivity index (χ2n) is 11.0. The van der Waals surface area contributed by atoms with Crippen molar-refractivity contribution < 1.29 is 18.0 Å². The Labute approximate surface area is 232 Å². The highest BCUT2D eigenvalue weighted by Gasteiger charge is 2.34. The molecule has 1 atom stereocenters. The van der Waals surface area contributed by atoms with Gasteiger partial charge in [-0.05, 0) is 83.4 Å².